The van der Waals surface area contributed by atoms with Gasteiger partial charge in [-0.15, -0.1) is 0 Å². The van der Waals surface area contributed by atoms with Gasteiger partial charge in [-0.1, -0.05) is 0 Å². The number of hydrogen-bond acceptors (Lipinski definition) is 2. The van der Waals surface area contributed by atoms with E-state index >= 15 is 0 Å². The van der Waals surface area contributed by atoms with Crippen LogP contribution in [0, 0.1) is 0 Å². The Labute approximate surface area is 70.7 Å². The van der Waals surface area contributed by atoms with E-state index in [9.17, 15) is 0 Å². The lowest BCUT2D eigenvalue weighted by Crippen LogP contribution is -2.35. The van der Waals surface area contributed by atoms with Crippen LogP contribution in [-0.2, 0) is 8.85 Å². The highest BCUT2D eigenvalue weighted by molar-refractivity contribution is 6.44. The summed E-state index contributed by atoms with van der Waals surface area (Å²) in [6.45, 7) is 7.16. The topological polar surface area (TPSA) is 18.5 Å². The van der Waals surface area contributed by atoms with Crippen molar-refractivity contribution >= 4 is 9.28 Å². The predicted molar refractivity (Wildman–Crippen MR) is 46.6 cm³/mol. The van der Waals surface area contributed by atoms with Gasteiger partial charge in [-0.25, -0.2) is 0 Å². The van der Waals surface area contributed by atoms with Crippen LogP contribution in [0.3, 0.4) is 0 Å². The summed E-state index contributed by atoms with van der Waals surface area (Å²) in [7, 11) is -0.905. The molecule has 0 aromatic carbocycles. The summed E-state index contributed by atoms with van der Waals surface area (Å²) >= 11 is 0. The van der Waals surface area contributed by atoms with Crippen molar-refractivity contribution < 1.29 is 8.85 Å². The van der Waals surface area contributed by atoms with Crippen LogP contribution < -0.4 is 0 Å². The Morgan fingerprint density at radius 3 is 2.45 bits per heavy atom. The number of hydrogen-bond donors (Lipinski definition) is 0. The van der Waals surface area contributed by atoms with Crippen LogP contribution in [0.1, 0.15) is 33.6 Å². The zero-order chi connectivity index (χ0) is 8.32. The first kappa shape index (κ1) is 9.23. The molecule has 11 heavy (non-hydrogen) atoms. The van der Waals surface area contributed by atoms with E-state index in [0.29, 0.717) is 0 Å². The van der Waals surface area contributed by atoms with E-state index < -0.39 is 9.28 Å². The van der Waals surface area contributed by atoms with Gasteiger partial charge in [-0.05, 0) is 39.7 Å². The molecule has 1 heterocycles. The molecule has 0 spiro atoms. The minimum Gasteiger partial charge on any atom is -0.393 e. The molecule has 0 unspecified atom stereocenters. The smallest absolute Gasteiger partial charge is 0.385 e. The summed E-state index contributed by atoms with van der Waals surface area (Å²) in [5.41, 5.74) is -0.0222. The molecule has 1 saturated heterocycles. The molecule has 65 valence electrons. The second-order valence-electron chi connectivity index (χ2n) is 3.89. The van der Waals surface area contributed by atoms with Crippen LogP contribution in [0.15, 0.2) is 0 Å². The Kier molecular flexibility index (Phi) is 3.10. The van der Waals surface area contributed by atoms with E-state index in [-0.39, 0.29) is 5.60 Å². The van der Waals surface area contributed by atoms with Crippen molar-refractivity contribution in [2.75, 3.05) is 6.61 Å². The zero-order valence-electron chi connectivity index (χ0n) is 7.64. The molecule has 1 aliphatic heterocycles. The lowest BCUT2D eigenvalue weighted by molar-refractivity contribution is 0.0743. The molecule has 0 amide bonds. The lowest BCUT2D eigenvalue weighted by Gasteiger charge is -2.27. The lowest BCUT2D eigenvalue weighted by atomic mass is 10.2. The van der Waals surface area contributed by atoms with Crippen LogP contribution in [0.2, 0.25) is 6.04 Å². The summed E-state index contributed by atoms with van der Waals surface area (Å²) in [6, 6.07) is 1.15. The maximum absolute atomic E-state index is 5.76. The monoisotopic (exact) mass is 173 g/mol. The zero-order valence-corrected chi connectivity index (χ0v) is 8.64. The van der Waals surface area contributed by atoms with Crippen molar-refractivity contribution in [3.63, 3.8) is 0 Å². The average Bonchev–Trinajstić information content (AvgIpc) is 1.85. The SMILES string of the molecule is CC(C)(C)O[Si]1CCCCO1. The van der Waals surface area contributed by atoms with Crippen molar-refractivity contribution in [3.05, 3.63) is 0 Å². The van der Waals surface area contributed by atoms with Gasteiger partial charge in [0.25, 0.3) is 0 Å². The van der Waals surface area contributed by atoms with E-state index in [1.807, 2.05) is 0 Å². The van der Waals surface area contributed by atoms with Crippen molar-refractivity contribution in [2.45, 2.75) is 45.3 Å². The molecular weight excluding hydrogens is 156 g/mol. The fourth-order valence-corrected chi connectivity index (χ4v) is 2.95. The minimum absolute atomic E-state index is 0.0222. The first-order chi connectivity index (χ1) is 5.08. The van der Waals surface area contributed by atoms with Gasteiger partial charge in [-0.3, -0.25) is 0 Å². The quantitative estimate of drug-likeness (QED) is 0.565. The third kappa shape index (κ3) is 3.89. The van der Waals surface area contributed by atoms with Gasteiger partial charge < -0.3 is 8.85 Å². The van der Waals surface area contributed by atoms with Gasteiger partial charge in [0, 0.05) is 12.2 Å². The molecule has 0 N–H and O–H groups in total. The maximum Gasteiger partial charge on any atom is 0.385 e. The maximum atomic E-state index is 5.76. The summed E-state index contributed by atoms with van der Waals surface area (Å²) in [4.78, 5) is 0. The molecule has 0 aromatic heterocycles. The third-order valence-electron chi connectivity index (χ3n) is 1.46. The average molecular weight is 173 g/mol. The normalized spacial score (nSPS) is 22.1. The molecule has 2 nitrogen and oxygen atoms in total. The molecule has 0 saturated carbocycles. The first-order valence-corrected chi connectivity index (χ1v) is 5.78. The summed E-state index contributed by atoms with van der Waals surface area (Å²) in [6.07, 6.45) is 2.49. The molecule has 1 radical (unpaired) electrons. The molecule has 0 bridgehead atoms. The Morgan fingerprint density at radius 2 is 2.00 bits per heavy atom. The van der Waals surface area contributed by atoms with E-state index in [2.05, 4.69) is 20.8 Å². The predicted octanol–water partition coefficient (Wildman–Crippen LogP) is 2.10. The van der Waals surface area contributed by atoms with Crippen molar-refractivity contribution in [3.8, 4) is 0 Å². The molecular formula is C8H17O2Si. The Hall–Kier alpha value is 0.137. The van der Waals surface area contributed by atoms with E-state index in [4.69, 9.17) is 8.85 Å². The highest BCUT2D eigenvalue weighted by Crippen LogP contribution is 2.17. The molecule has 1 aliphatic rings. The van der Waals surface area contributed by atoms with Crippen LogP contribution in [0.4, 0.5) is 0 Å². The molecule has 1 fully saturated rings. The first-order valence-electron chi connectivity index (χ1n) is 4.25. The van der Waals surface area contributed by atoms with Crippen LogP contribution in [0.5, 0.6) is 0 Å². The molecule has 0 atom stereocenters. The third-order valence-corrected chi connectivity index (χ3v) is 3.59. The fraction of sp³-hybridized carbons (Fsp3) is 1.00. The standard InChI is InChI=1S/C8H17O2Si/c1-8(2,3)10-11-7-5-4-6-9-11/h4-7H2,1-3H3. The second kappa shape index (κ2) is 3.69. The summed E-state index contributed by atoms with van der Waals surface area (Å²) < 4.78 is 11.3. The molecule has 3 heteroatoms. The van der Waals surface area contributed by atoms with Crippen molar-refractivity contribution in [1.29, 1.82) is 0 Å². The Balaban J connectivity index is 2.24. The largest absolute Gasteiger partial charge is 0.393 e. The molecule has 0 aliphatic carbocycles. The summed E-state index contributed by atoms with van der Waals surface area (Å²) in [5, 5.41) is 0. The summed E-state index contributed by atoms with van der Waals surface area (Å²) in [5.74, 6) is 0. The van der Waals surface area contributed by atoms with E-state index in [0.717, 1.165) is 12.7 Å². The van der Waals surface area contributed by atoms with Gasteiger partial charge >= 0.3 is 9.28 Å². The second-order valence-corrected chi connectivity index (χ2v) is 5.63. The van der Waals surface area contributed by atoms with Gasteiger partial charge in [0.2, 0.25) is 0 Å². The van der Waals surface area contributed by atoms with Gasteiger partial charge in [0.15, 0.2) is 0 Å². The van der Waals surface area contributed by atoms with Gasteiger partial charge in [0.05, 0.1) is 0 Å². The van der Waals surface area contributed by atoms with Crippen LogP contribution >= 0.6 is 0 Å². The molecule has 1 rings (SSSR count). The molecule has 0 aromatic rings. The Morgan fingerprint density at radius 1 is 1.27 bits per heavy atom. The Bertz CT molecular complexity index is 114. The minimum atomic E-state index is -0.905. The van der Waals surface area contributed by atoms with E-state index in [1.54, 1.807) is 0 Å². The van der Waals surface area contributed by atoms with Gasteiger partial charge in [0.1, 0.15) is 0 Å². The van der Waals surface area contributed by atoms with Crippen molar-refractivity contribution in [1.82, 2.24) is 0 Å². The number of rotatable bonds is 1. The van der Waals surface area contributed by atoms with Gasteiger partial charge in [-0.2, -0.15) is 0 Å². The van der Waals surface area contributed by atoms with Crippen LogP contribution in [-0.4, -0.2) is 21.5 Å². The highest BCUT2D eigenvalue weighted by atomic mass is 28.3. The van der Waals surface area contributed by atoms with E-state index in [1.165, 1.54) is 12.8 Å². The van der Waals surface area contributed by atoms with Crippen LogP contribution in [0.25, 0.3) is 0 Å². The van der Waals surface area contributed by atoms with Crippen molar-refractivity contribution in [2.24, 2.45) is 0 Å². The highest BCUT2D eigenvalue weighted by Gasteiger charge is 2.25. The fourth-order valence-electron chi connectivity index (χ4n) is 1.05.